The summed E-state index contributed by atoms with van der Waals surface area (Å²) < 4.78 is 0. The van der Waals surface area contributed by atoms with Crippen LogP contribution in [-0.2, 0) is 6.42 Å². The van der Waals surface area contributed by atoms with Gasteiger partial charge in [-0.1, -0.05) is 11.6 Å². The first-order valence-corrected chi connectivity index (χ1v) is 8.98. The third-order valence-electron chi connectivity index (χ3n) is 3.73. The third-order valence-corrected chi connectivity index (χ3v) is 5.08. The van der Waals surface area contributed by atoms with Crippen LogP contribution in [0.5, 0.6) is 0 Å². The number of anilines is 2. The Kier molecular flexibility index (Phi) is 4.94. The topological polar surface area (TPSA) is 88.2 Å². The minimum absolute atomic E-state index is 0.288. The van der Waals surface area contributed by atoms with Gasteiger partial charge in [-0.15, -0.1) is 11.3 Å². The van der Waals surface area contributed by atoms with Gasteiger partial charge in [0.2, 0.25) is 0 Å². The maximum absolute atomic E-state index is 12.6. The van der Waals surface area contributed by atoms with Gasteiger partial charge in [0.1, 0.15) is 9.71 Å². The summed E-state index contributed by atoms with van der Waals surface area (Å²) in [6.45, 7) is 3.60. The molecule has 1 atom stereocenters. The Bertz CT molecular complexity index is 936. The molecule has 4 N–H and O–H groups in total. The molecule has 1 aromatic carbocycles. The average Bonchev–Trinajstić information content (AvgIpc) is 2.86. The molecule has 0 aliphatic rings. The Hall–Kier alpha value is -2.15. The predicted octanol–water partition coefficient (Wildman–Crippen LogP) is 4.02. The van der Waals surface area contributed by atoms with Crippen LogP contribution in [0.1, 0.15) is 27.9 Å². The van der Waals surface area contributed by atoms with E-state index >= 15 is 0 Å². The van der Waals surface area contributed by atoms with Gasteiger partial charge in [-0.25, -0.2) is 4.98 Å². The molecule has 3 rings (SSSR count). The lowest BCUT2D eigenvalue weighted by Gasteiger charge is -2.08. The fraction of sp³-hybridized carbons (Fsp3) is 0.222. The number of carbonyl (C=O) groups is 1. The van der Waals surface area contributed by atoms with E-state index in [1.165, 1.54) is 11.3 Å². The summed E-state index contributed by atoms with van der Waals surface area (Å²) in [5, 5.41) is 13.9. The molecule has 0 fully saturated rings. The highest BCUT2D eigenvalue weighted by Gasteiger charge is 2.20. The van der Waals surface area contributed by atoms with Gasteiger partial charge in [-0.3, -0.25) is 4.79 Å². The van der Waals surface area contributed by atoms with Gasteiger partial charge < -0.3 is 16.2 Å². The molecule has 0 aliphatic carbocycles. The molecule has 2 heterocycles. The Morgan fingerprint density at radius 1 is 1.40 bits per heavy atom. The molecule has 1 amide bonds. The largest absolute Gasteiger partial charge is 0.397 e. The van der Waals surface area contributed by atoms with E-state index < -0.39 is 6.10 Å². The monoisotopic (exact) mass is 375 g/mol. The number of nitrogens with zero attached hydrogens (tertiary/aromatic N) is 1. The number of benzene rings is 1. The molecule has 0 saturated heterocycles. The Labute approximate surface area is 154 Å². The highest BCUT2D eigenvalue weighted by molar-refractivity contribution is 7.21. The number of amides is 1. The fourth-order valence-electron chi connectivity index (χ4n) is 2.71. The number of nitrogens with one attached hydrogen (secondary N) is 1. The van der Waals surface area contributed by atoms with E-state index in [-0.39, 0.29) is 5.91 Å². The molecule has 1 unspecified atom stereocenters. The molecule has 0 spiro atoms. The standard InChI is InChI=1S/C18H18ClN3O2S/c1-9-7-11(8-10(2)23)14-15(20)16(25-18(14)21-9)17(24)22-13-5-3-12(19)4-6-13/h3-7,10,23H,8,20H2,1-2H3,(H,22,24). The van der Waals surface area contributed by atoms with Crippen LogP contribution in [0, 0.1) is 6.92 Å². The van der Waals surface area contributed by atoms with Gasteiger partial charge >= 0.3 is 0 Å². The van der Waals surface area contributed by atoms with E-state index in [2.05, 4.69) is 10.3 Å². The van der Waals surface area contributed by atoms with E-state index in [0.29, 0.717) is 32.5 Å². The highest BCUT2D eigenvalue weighted by atomic mass is 35.5. The quantitative estimate of drug-likeness (QED) is 0.642. The predicted molar refractivity (Wildman–Crippen MR) is 104 cm³/mol. The van der Waals surface area contributed by atoms with Gasteiger partial charge in [-0.05, 0) is 56.2 Å². The zero-order valence-electron chi connectivity index (χ0n) is 13.8. The smallest absolute Gasteiger partial charge is 0.267 e. The molecule has 0 bridgehead atoms. The van der Waals surface area contributed by atoms with Gasteiger partial charge in [-0.2, -0.15) is 0 Å². The van der Waals surface area contributed by atoms with Crippen LogP contribution in [0.15, 0.2) is 30.3 Å². The van der Waals surface area contributed by atoms with Gasteiger partial charge in [0.15, 0.2) is 0 Å². The number of aliphatic hydroxyl groups excluding tert-OH is 1. The average molecular weight is 376 g/mol. The number of nitrogens with two attached hydrogens (primary N) is 1. The lowest BCUT2D eigenvalue weighted by atomic mass is 10.0. The molecule has 25 heavy (non-hydrogen) atoms. The van der Waals surface area contributed by atoms with E-state index in [1.54, 1.807) is 31.2 Å². The van der Waals surface area contributed by atoms with Crippen molar-refractivity contribution in [2.24, 2.45) is 0 Å². The van der Waals surface area contributed by atoms with E-state index in [1.807, 2.05) is 13.0 Å². The number of halogens is 1. The minimum atomic E-state index is -0.504. The van der Waals surface area contributed by atoms with Crippen molar-refractivity contribution >= 4 is 50.4 Å². The molecule has 0 aliphatic heterocycles. The van der Waals surface area contributed by atoms with Gasteiger partial charge in [0, 0.05) is 21.8 Å². The molecule has 3 aromatic rings. The molecule has 5 nitrogen and oxygen atoms in total. The number of aryl methyl sites for hydroxylation is 1. The number of aliphatic hydroxyl groups is 1. The zero-order valence-corrected chi connectivity index (χ0v) is 15.4. The molecule has 2 aromatic heterocycles. The van der Waals surface area contributed by atoms with Crippen molar-refractivity contribution in [2.75, 3.05) is 11.1 Å². The summed E-state index contributed by atoms with van der Waals surface area (Å²) in [6.07, 6.45) is -0.0467. The molecular formula is C18H18ClN3O2S. The Morgan fingerprint density at radius 3 is 2.72 bits per heavy atom. The van der Waals surface area contributed by atoms with Crippen LogP contribution in [0.25, 0.3) is 10.2 Å². The van der Waals surface area contributed by atoms with Crippen LogP contribution in [0.2, 0.25) is 5.02 Å². The number of nitrogen functional groups attached to an aromatic ring is 1. The van der Waals surface area contributed by atoms with Crippen LogP contribution in [0.4, 0.5) is 11.4 Å². The summed E-state index contributed by atoms with van der Waals surface area (Å²) in [4.78, 5) is 18.2. The van der Waals surface area contributed by atoms with Crippen molar-refractivity contribution in [2.45, 2.75) is 26.4 Å². The number of hydrogen-bond donors (Lipinski definition) is 3. The zero-order chi connectivity index (χ0) is 18.1. The maximum atomic E-state index is 12.6. The van der Waals surface area contributed by atoms with Crippen LogP contribution in [0.3, 0.4) is 0 Å². The molecule has 0 radical (unpaired) electrons. The van der Waals surface area contributed by atoms with E-state index in [9.17, 15) is 9.90 Å². The summed E-state index contributed by atoms with van der Waals surface area (Å²) >= 11 is 7.11. The number of thiophene rings is 1. The second-order valence-corrected chi connectivity index (χ2v) is 7.40. The number of pyridine rings is 1. The van der Waals surface area contributed by atoms with Crippen molar-refractivity contribution in [3.63, 3.8) is 0 Å². The van der Waals surface area contributed by atoms with Crippen molar-refractivity contribution in [3.8, 4) is 0 Å². The van der Waals surface area contributed by atoms with Gasteiger partial charge in [0.05, 0.1) is 11.8 Å². The first kappa shape index (κ1) is 17.7. The number of aromatic nitrogens is 1. The summed E-state index contributed by atoms with van der Waals surface area (Å²) in [5.74, 6) is -0.288. The first-order chi connectivity index (χ1) is 11.8. The number of fused-ring (bicyclic) bond motifs is 1. The van der Waals surface area contributed by atoms with Crippen molar-refractivity contribution in [1.82, 2.24) is 4.98 Å². The summed E-state index contributed by atoms with van der Waals surface area (Å²) in [5.41, 5.74) is 9.02. The van der Waals surface area contributed by atoms with Crippen molar-refractivity contribution in [1.29, 1.82) is 0 Å². The van der Waals surface area contributed by atoms with Crippen molar-refractivity contribution in [3.05, 3.63) is 51.5 Å². The van der Waals surface area contributed by atoms with E-state index in [0.717, 1.165) is 16.6 Å². The minimum Gasteiger partial charge on any atom is -0.397 e. The second-order valence-electron chi connectivity index (χ2n) is 5.96. The molecular weight excluding hydrogens is 358 g/mol. The van der Waals surface area contributed by atoms with Gasteiger partial charge in [0.25, 0.3) is 5.91 Å². The Balaban J connectivity index is 2.00. The normalized spacial score (nSPS) is 12.3. The maximum Gasteiger partial charge on any atom is 0.267 e. The molecule has 7 heteroatoms. The lowest BCUT2D eigenvalue weighted by Crippen LogP contribution is -2.12. The van der Waals surface area contributed by atoms with Crippen LogP contribution in [-0.4, -0.2) is 22.1 Å². The lowest BCUT2D eigenvalue weighted by molar-refractivity contribution is 0.103. The summed E-state index contributed by atoms with van der Waals surface area (Å²) in [7, 11) is 0. The third kappa shape index (κ3) is 3.76. The summed E-state index contributed by atoms with van der Waals surface area (Å²) in [6, 6.07) is 8.77. The second kappa shape index (κ2) is 7.00. The van der Waals surface area contributed by atoms with Crippen LogP contribution >= 0.6 is 22.9 Å². The van der Waals surface area contributed by atoms with Crippen LogP contribution < -0.4 is 11.1 Å². The first-order valence-electron chi connectivity index (χ1n) is 7.78. The SMILES string of the molecule is Cc1cc(CC(C)O)c2c(N)c(C(=O)Nc3ccc(Cl)cc3)sc2n1. The van der Waals surface area contributed by atoms with Crippen molar-refractivity contribution < 1.29 is 9.90 Å². The number of rotatable bonds is 4. The molecule has 130 valence electrons. The number of carbonyl (C=O) groups excluding carboxylic acids is 1. The molecule has 0 saturated carbocycles. The number of hydrogen-bond acceptors (Lipinski definition) is 5. The fourth-order valence-corrected chi connectivity index (χ4v) is 3.91. The van der Waals surface area contributed by atoms with E-state index in [4.69, 9.17) is 17.3 Å². The highest BCUT2D eigenvalue weighted by Crippen LogP contribution is 2.36. The Morgan fingerprint density at radius 2 is 2.08 bits per heavy atom.